The lowest BCUT2D eigenvalue weighted by atomic mass is 9.95. The van der Waals surface area contributed by atoms with E-state index in [1.807, 2.05) is 42.1 Å². The van der Waals surface area contributed by atoms with E-state index in [9.17, 15) is 19.5 Å². The average molecular weight is 838 g/mol. The second-order valence-electron chi connectivity index (χ2n) is 17.2. The quantitative estimate of drug-likeness (QED) is 0.166. The lowest BCUT2D eigenvalue weighted by Gasteiger charge is -2.40. The first-order chi connectivity index (χ1) is 30.0. The summed E-state index contributed by atoms with van der Waals surface area (Å²) in [7, 11) is 1.90. The summed E-state index contributed by atoms with van der Waals surface area (Å²) in [6.07, 6.45) is 7.09. The van der Waals surface area contributed by atoms with Crippen molar-refractivity contribution >= 4 is 62.7 Å². The van der Waals surface area contributed by atoms with Crippen molar-refractivity contribution in [1.29, 1.82) is 0 Å². The molecule has 3 aliphatic heterocycles. The molecule has 3 saturated heterocycles. The first-order valence-corrected chi connectivity index (χ1v) is 21.5. The summed E-state index contributed by atoms with van der Waals surface area (Å²) >= 11 is 0. The van der Waals surface area contributed by atoms with Gasteiger partial charge in [0.05, 0.1) is 17.8 Å². The lowest BCUT2D eigenvalue weighted by molar-refractivity contribution is -0.120. The largest absolute Gasteiger partial charge is 0.384 e. The van der Waals surface area contributed by atoms with Gasteiger partial charge < -0.3 is 20.2 Å². The van der Waals surface area contributed by atoms with E-state index in [0.717, 1.165) is 92.9 Å². The summed E-state index contributed by atoms with van der Waals surface area (Å²) in [5.41, 5.74) is 4.90. The van der Waals surface area contributed by atoms with Crippen LogP contribution in [0.5, 0.6) is 0 Å². The number of pyridine rings is 1. The second kappa shape index (κ2) is 15.7. The standard InChI is InChI=1S/C45H51N13O4/c1-4-18-57-42(60)35-27-46-43(50-40(35)58(57)37-12-5-30-13-17-45(2,62)39(30)48-37)47-31-6-8-32(9-7-31)55-24-22-53(23-25-55)28-29-14-19-54(20-15-29)33-10-11-34-36(26-33)52(3)51-41(34)56-21-16-38(59)49-44(56)61/h4-12,26-27,29,62H,1,13-25,28H2,2-3H3,(H,46,47,50)(H,49,59,61)/t45-/m1/s1. The zero-order chi connectivity index (χ0) is 42.7. The van der Waals surface area contributed by atoms with E-state index in [-0.39, 0.29) is 24.4 Å². The molecule has 7 heterocycles. The van der Waals surface area contributed by atoms with E-state index in [0.29, 0.717) is 53.2 Å². The van der Waals surface area contributed by atoms with Gasteiger partial charge in [0, 0.05) is 94.5 Å². The molecule has 17 heteroatoms. The molecule has 10 rings (SSSR count). The number of nitrogens with zero attached hydrogens (tertiary/aromatic N) is 11. The van der Waals surface area contributed by atoms with Crippen LogP contribution < -0.4 is 30.9 Å². The molecule has 0 spiro atoms. The van der Waals surface area contributed by atoms with E-state index in [1.54, 1.807) is 33.5 Å². The van der Waals surface area contributed by atoms with Gasteiger partial charge in [0.1, 0.15) is 11.0 Å². The Labute approximate surface area is 358 Å². The number of aryl methyl sites for hydroxylation is 2. The summed E-state index contributed by atoms with van der Waals surface area (Å²) < 4.78 is 5.05. The first kappa shape index (κ1) is 39.5. The molecule has 62 heavy (non-hydrogen) atoms. The summed E-state index contributed by atoms with van der Waals surface area (Å²) in [5, 5.41) is 22.6. The van der Waals surface area contributed by atoms with Gasteiger partial charge in [-0.15, -0.1) is 6.58 Å². The highest BCUT2D eigenvalue weighted by Crippen LogP contribution is 2.36. The van der Waals surface area contributed by atoms with Crippen molar-refractivity contribution in [3.05, 3.63) is 95.1 Å². The molecule has 0 bridgehead atoms. The van der Waals surface area contributed by atoms with Crippen molar-refractivity contribution in [3.63, 3.8) is 0 Å². The number of carbonyl (C=O) groups excluding carboxylic acids is 2. The van der Waals surface area contributed by atoms with Gasteiger partial charge in [0.25, 0.3) is 5.56 Å². The molecule has 1 atom stereocenters. The van der Waals surface area contributed by atoms with Crippen molar-refractivity contribution in [1.82, 2.24) is 44.3 Å². The molecule has 17 nitrogen and oxygen atoms in total. The Morgan fingerprint density at radius 3 is 2.42 bits per heavy atom. The average Bonchev–Trinajstić information content (AvgIpc) is 3.87. The van der Waals surface area contributed by atoms with Gasteiger partial charge in [0.15, 0.2) is 17.3 Å². The minimum atomic E-state index is -1.03. The molecular weight excluding hydrogens is 787 g/mol. The van der Waals surface area contributed by atoms with E-state index in [1.165, 1.54) is 5.69 Å². The van der Waals surface area contributed by atoms with Crippen LogP contribution in [0.1, 0.15) is 43.9 Å². The highest BCUT2D eigenvalue weighted by molar-refractivity contribution is 6.09. The minimum Gasteiger partial charge on any atom is -0.384 e. The number of fused-ring (bicyclic) bond motifs is 3. The van der Waals surface area contributed by atoms with Gasteiger partial charge in [-0.1, -0.05) is 12.1 Å². The Bertz CT molecular complexity index is 2770. The molecule has 3 N–H and O–H groups in total. The molecule has 4 aromatic heterocycles. The monoisotopic (exact) mass is 837 g/mol. The molecule has 3 fully saturated rings. The van der Waals surface area contributed by atoms with Crippen LogP contribution in [-0.2, 0) is 30.4 Å². The summed E-state index contributed by atoms with van der Waals surface area (Å²) in [6.45, 7) is 13.2. The number of rotatable bonds is 10. The van der Waals surface area contributed by atoms with Crippen LogP contribution in [0, 0.1) is 5.92 Å². The molecular formula is C45H51N13O4. The van der Waals surface area contributed by atoms with Crippen LogP contribution in [-0.4, -0.2) is 108 Å². The number of nitrogens with one attached hydrogen (secondary N) is 2. The lowest BCUT2D eigenvalue weighted by Crippen LogP contribution is -2.49. The van der Waals surface area contributed by atoms with Crippen molar-refractivity contribution in [3.8, 4) is 5.82 Å². The summed E-state index contributed by atoms with van der Waals surface area (Å²) in [4.78, 5) is 60.9. The zero-order valence-corrected chi connectivity index (χ0v) is 35.1. The number of aromatic nitrogens is 7. The highest BCUT2D eigenvalue weighted by Gasteiger charge is 2.35. The van der Waals surface area contributed by atoms with E-state index in [2.05, 4.69) is 66.3 Å². The Kier molecular flexibility index (Phi) is 10.0. The summed E-state index contributed by atoms with van der Waals surface area (Å²) in [5.74, 6) is 1.83. The SMILES string of the molecule is C=CCn1c(=O)c2cnc(Nc3ccc(N4CCN(CC5CCN(c6ccc7c(N8CCC(=O)NC8=O)nn(C)c7c6)CC5)CC4)cc3)nc2n1-c1ccc2c(n1)[C@](C)(O)CC2. The number of allylic oxidation sites excluding steroid dienone is 1. The molecule has 0 radical (unpaired) electrons. The van der Waals surface area contributed by atoms with Gasteiger partial charge in [-0.3, -0.25) is 29.4 Å². The van der Waals surface area contributed by atoms with Gasteiger partial charge in [-0.2, -0.15) is 10.1 Å². The van der Waals surface area contributed by atoms with Gasteiger partial charge in [0.2, 0.25) is 11.9 Å². The number of anilines is 5. The predicted octanol–water partition coefficient (Wildman–Crippen LogP) is 4.43. The van der Waals surface area contributed by atoms with Crippen molar-refractivity contribution in [2.75, 3.05) is 72.4 Å². The van der Waals surface area contributed by atoms with Crippen molar-refractivity contribution < 1.29 is 14.7 Å². The molecule has 1 aliphatic carbocycles. The fourth-order valence-corrected chi connectivity index (χ4v) is 9.57. The molecule has 0 saturated carbocycles. The maximum atomic E-state index is 13.5. The third-order valence-corrected chi connectivity index (χ3v) is 13.0. The van der Waals surface area contributed by atoms with Crippen molar-refractivity contribution in [2.45, 2.75) is 51.2 Å². The van der Waals surface area contributed by atoms with Gasteiger partial charge >= 0.3 is 6.03 Å². The number of hydrogen-bond donors (Lipinski definition) is 3. The number of urea groups is 1. The number of piperazine rings is 1. The maximum Gasteiger partial charge on any atom is 0.329 e. The molecule has 4 aliphatic rings. The fourth-order valence-electron chi connectivity index (χ4n) is 9.57. The molecule has 6 aromatic rings. The predicted molar refractivity (Wildman–Crippen MR) is 239 cm³/mol. The van der Waals surface area contributed by atoms with Crippen LogP contribution in [0.25, 0.3) is 27.8 Å². The number of piperidine rings is 1. The molecule has 2 aromatic carbocycles. The van der Waals surface area contributed by atoms with E-state index < -0.39 is 11.6 Å². The van der Waals surface area contributed by atoms with Gasteiger partial charge in [-0.25, -0.2) is 24.1 Å². The van der Waals surface area contributed by atoms with Crippen LogP contribution in [0.4, 0.5) is 33.6 Å². The Balaban J connectivity index is 0.741. The second-order valence-corrected chi connectivity index (χ2v) is 17.2. The smallest absolute Gasteiger partial charge is 0.329 e. The number of hydrogen-bond acceptors (Lipinski definition) is 12. The van der Waals surface area contributed by atoms with E-state index in [4.69, 9.17) is 9.97 Å². The van der Waals surface area contributed by atoms with Crippen LogP contribution in [0.3, 0.4) is 0 Å². The van der Waals surface area contributed by atoms with Crippen LogP contribution in [0.2, 0.25) is 0 Å². The fraction of sp³-hybridized carbons (Fsp3) is 0.400. The Hall–Kier alpha value is -6.59. The van der Waals surface area contributed by atoms with Crippen molar-refractivity contribution in [2.24, 2.45) is 13.0 Å². The number of amides is 3. The molecule has 320 valence electrons. The van der Waals surface area contributed by atoms with E-state index >= 15 is 0 Å². The topological polar surface area (TPSA) is 175 Å². The number of imide groups is 1. The first-order valence-electron chi connectivity index (χ1n) is 21.5. The van der Waals surface area contributed by atoms with Crippen LogP contribution in [0.15, 0.2) is 78.2 Å². The third-order valence-electron chi connectivity index (χ3n) is 13.0. The summed E-state index contributed by atoms with van der Waals surface area (Å²) in [6, 6.07) is 18.1. The maximum absolute atomic E-state index is 13.5. The third kappa shape index (κ3) is 7.23. The number of benzene rings is 2. The minimum absolute atomic E-state index is 0.241. The highest BCUT2D eigenvalue weighted by atomic mass is 16.3. The number of aliphatic hydroxyl groups is 1. The van der Waals surface area contributed by atoms with Crippen LogP contribution >= 0.6 is 0 Å². The normalized spacial score (nSPS) is 20.0. The Morgan fingerprint density at radius 2 is 1.66 bits per heavy atom. The molecule has 3 amide bonds. The zero-order valence-electron chi connectivity index (χ0n) is 35.1. The number of carbonyl (C=O) groups is 2. The van der Waals surface area contributed by atoms with Gasteiger partial charge in [-0.05, 0) is 92.6 Å². The molecule has 0 unspecified atom stereocenters. The Morgan fingerprint density at radius 1 is 0.903 bits per heavy atom.